The lowest BCUT2D eigenvalue weighted by Gasteiger charge is -2.33. The fraction of sp³-hybridized carbons (Fsp3) is 0.846. The largest absolute Gasteiger partial charge is 0.480 e. The van der Waals surface area contributed by atoms with Crippen LogP contribution in [0.1, 0.15) is 33.6 Å². The molecule has 1 fully saturated rings. The van der Waals surface area contributed by atoms with Crippen molar-refractivity contribution in [1.82, 2.24) is 9.80 Å². The zero-order chi connectivity index (χ0) is 13.7. The highest BCUT2D eigenvalue weighted by Gasteiger charge is 2.24. The van der Waals surface area contributed by atoms with Gasteiger partial charge in [0.25, 0.3) is 0 Å². The summed E-state index contributed by atoms with van der Waals surface area (Å²) in [7, 11) is 0. The van der Waals surface area contributed by atoms with Gasteiger partial charge in [-0.1, -0.05) is 6.92 Å². The maximum atomic E-state index is 12.1. The van der Waals surface area contributed by atoms with Gasteiger partial charge in [-0.15, -0.1) is 0 Å². The van der Waals surface area contributed by atoms with Gasteiger partial charge in [0.15, 0.2) is 0 Å². The van der Waals surface area contributed by atoms with Crippen LogP contribution in [0.15, 0.2) is 0 Å². The number of nitrogens with zero attached hydrogens (tertiary/aromatic N) is 2. The van der Waals surface area contributed by atoms with Crippen molar-refractivity contribution < 1.29 is 14.7 Å². The second-order valence-corrected chi connectivity index (χ2v) is 5.48. The molecule has 18 heavy (non-hydrogen) atoms. The van der Waals surface area contributed by atoms with Crippen molar-refractivity contribution in [2.24, 2.45) is 5.92 Å². The molecule has 1 heterocycles. The van der Waals surface area contributed by atoms with E-state index in [-0.39, 0.29) is 25.0 Å². The van der Waals surface area contributed by atoms with Crippen molar-refractivity contribution in [2.45, 2.75) is 39.7 Å². The third-order valence-corrected chi connectivity index (χ3v) is 3.42. The van der Waals surface area contributed by atoms with E-state index in [9.17, 15) is 9.59 Å². The highest BCUT2D eigenvalue weighted by Crippen LogP contribution is 2.15. The number of piperidine rings is 1. The van der Waals surface area contributed by atoms with E-state index in [0.29, 0.717) is 5.92 Å². The molecule has 104 valence electrons. The van der Waals surface area contributed by atoms with Crippen molar-refractivity contribution in [3.05, 3.63) is 0 Å². The predicted molar refractivity (Wildman–Crippen MR) is 69.3 cm³/mol. The first-order chi connectivity index (χ1) is 8.40. The maximum absolute atomic E-state index is 12.1. The summed E-state index contributed by atoms with van der Waals surface area (Å²) in [5, 5.41) is 8.83. The first kappa shape index (κ1) is 15.0. The van der Waals surface area contributed by atoms with Gasteiger partial charge in [-0.25, -0.2) is 0 Å². The molecular weight excluding hydrogens is 232 g/mol. The van der Waals surface area contributed by atoms with Crippen LogP contribution >= 0.6 is 0 Å². The Balaban J connectivity index is 2.52. The van der Waals surface area contributed by atoms with E-state index in [0.717, 1.165) is 19.5 Å². The lowest BCUT2D eigenvalue weighted by molar-refractivity contribution is -0.141. The van der Waals surface area contributed by atoms with E-state index in [1.807, 2.05) is 18.7 Å². The van der Waals surface area contributed by atoms with E-state index < -0.39 is 5.97 Å². The molecule has 0 radical (unpaired) electrons. The average molecular weight is 256 g/mol. The van der Waals surface area contributed by atoms with Crippen LogP contribution < -0.4 is 0 Å². The Hall–Kier alpha value is -1.10. The van der Waals surface area contributed by atoms with Crippen LogP contribution in [0.3, 0.4) is 0 Å². The van der Waals surface area contributed by atoms with Gasteiger partial charge < -0.3 is 10.0 Å². The minimum Gasteiger partial charge on any atom is -0.480 e. The second-order valence-electron chi connectivity index (χ2n) is 5.48. The lowest BCUT2D eigenvalue weighted by atomic mass is 10.0. The SMILES string of the molecule is CC1CCCN(C(=O)CN(CC(=O)O)C(C)C)C1. The molecule has 0 aromatic carbocycles. The first-order valence-corrected chi connectivity index (χ1v) is 6.63. The summed E-state index contributed by atoms with van der Waals surface area (Å²) in [6.45, 7) is 7.71. The molecule has 1 unspecified atom stereocenters. The Morgan fingerprint density at radius 1 is 1.39 bits per heavy atom. The number of hydrogen-bond donors (Lipinski definition) is 1. The van der Waals surface area contributed by atoms with E-state index >= 15 is 0 Å². The minimum atomic E-state index is -0.886. The van der Waals surface area contributed by atoms with Gasteiger partial charge in [-0.05, 0) is 32.6 Å². The molecule has 0 saturated carbocycles. The standard InChI is InChI=1S/C13H24N2O3/c1-10(2)15(9-13(17)18)8-12(16)14-6-4-5-11(3)7-14/h10-11H,4-9H2,1-3H3,(H,17,18). The fourth-order valence-corrected chi connectivity index (χ4v) is 2.28. The summed E-state index contributed by atoms with van der Waals surface area (Å²) < 4.78 is 0. The van der Waals surface area contributed by atoms with Crippen molar-refractivity contribution >= 4 is 11.9 Å². The number of rotatable bonds is 5. The van der Waals surface area contributed by atoms with E-state index in [2.05, 4.69) is 6.92 Å². The summed E-state index contributed by atoms with van der Waals surface area (Å²) in [5.74, 6) is -0.283. The molecule has 0 aromatic rings. The normalized spacial score (nSPS) is 20.5. The van der Waals surface area contributed by atoms with Gasteiger partial charge in [0.1, 0.15) is 0 Å². The lowest BCUT2D eigenvalue weighted by Crippen LogP contribution is -2.47. The molecule has 1 aliphatic heterocycles. The van der Waals surface area contributed by atoms with E-state index in [1.165, 1.54) is 6.42 Å². The molecule has 1 aliphatic rings. The topological polar surface area (TPSA) is 60.9 Å². The maximum Gasteiger partial charge on any atom is 0.317 e. The molecule has 1 rings (SSSR count). The van der Waals surface area contributed by atoms with Crippen LogP contribution in [0.2, 0.25) is 0 Å². The zero-order valence-electron chi connectivity index (χ0n) is 11.6. The fourth-order valence-electron chi connectivity index (χ4n) is 2.28. The van der Waals surface area contributed by atoms with Gasteiger partial charge in [0.05, 0.1) is 13.1 Å². The molecule has 1 amide bonds. The molecule has 0 spiro atoms. The highest BCUT2D eigenvalue weighted by molar-refractivity contribution is 5.79. The Bertz CT molecular complexity index is 305. The summed E-state index contributed by atoms with van der Waals surface area (Å²) in [6.07, 6.45) is 2.22. The minimum absolute atomic E-state index is 0.0523. The number of likely N-dealkylation sites (tertiary alicyclic amines) is 1. The average Bonchev–Trinajstić information content (AvgIpc) is 2.27. The first-order valence-electron chi connectivity index (χ1n) is 6.63. The third kappa shape index (κ3) is 4.64. The summed E-state index contributed by atoms with van der Waals surface area (Å²) in [4.78, 5) is 26.5. The van der Waals surface area contributed by atoms with Crippen LogP contribution in [0.25, 0.3) is 0 Å². The number of hydrogen-bond acceptors (Lipinski definition) is 3. The third-order valence-electron chi connectivity index (χ3n) is 3.42. The van der Waals surface area contributed by atoms with Gasteiger partial charge in [-0.2, -0.15) is 0 Å². The molecule has 0 aliphatic carbocycles. The highest BCUT2D eigenvalue weighted by atomic mass is 16.4. The monoisotopic (exact) mass is 256 g/mol. The van der Waals surface area contributed by atoms with Crippen LogP contribution in [-0.2, 0) is 9.59 Å². The Labute approximate surface area is 109 Å². The molecule has 0 bridgehead atoms. The zero-order valence-corrected chi connectivity index (χ0v) is 11.6. The van der Waals surface area contributed by atoms with Crippen LogP contribution in [0.5, 0.6) is 0 Å². The van der Waals surface area contributed by atoms with Crippen molar-refractivity contribution in [3.63, 3.8) is 0 Å². The summed E-state index contributed by atoms with van der Waals surface area (Å²) >= 11 is 0. The number of amides is 1. The molecule has 5 heteroatoms. The molecular formula is C13H24N2O3. The molecule has 1 atom stereocenters. The van der Waals surface area contributed by atoms with Gasteiger partial charge in [0.2, 0.25) is 5.91 Å². The predicted octanol–water partition coefficient (Wildman–Crippen LogP) is 1.04. The Morgan fingerprint density at radius 2 is 2.06 bits per heavy atom. The van der Waals surface area contributed by atoms with Gasteiger partial charge >= 0.3 is 5.97 Å². The summed E-state index contributed by atoms with van der Waals surface area (Å²) in [6, 6.07) is 0.0623. The molecule has 5 nitrogen and oxygen atoms in total. The second kappa shape index (κ2) is 6.73. The van der Waals surface area contributed by atoms with Gasteiger partial charge in [-0.3, -0.25) is 14.5 Å². The molecule has 1 N–H and O–H groups in total. The number of aliphatic carboxylic acids is 1. The quantitative estimate of drug-likeness (QED) is 0.798. The number of carbonyl (C=O) groups is 2. The smallest absolute Gasteiger partial charge is 0.317 e. The Morgan fingerprint density at radius 3 is 2.56 bits per heavy atom. The number of carboxylic acids is 1. The van der Waals surface area contributed by atoms with Crippen LogP contribution in [0, 0.1) is 5.92 Å². The van der Waals surface area contributed by atoms with Crippen molar-refractivity contribution in [3.8, 4) is 0 Å². The van der Waals surface area contributed by atoms with Gasteiger partial charge in [0, 0.05) is 19.1 Å². The molecule has 1 saturated heterocycles. The molecule has 0 aromatic heterocycles. The van der Waals surface area contributed by atoms with E-state index in [1.54, 1.807) is 4.90 Å². The van der Waals surface area contributed by atoms with Crippen molar-refractivity contribution in [2.75, 3.05) is 26.2 Å². The van der Waals surface area contributed by atoms with Crippen LogP contribution in [0.4, 0.5) is 0 Å². The van der Waals surface area contributed by atoms with E-state index in [4.69, 9.17) is 5.11 Å². The number of carboxylic acid groups (broad SMARTS) is 1. The number of carbonyl (C=O) groups excluding carboxylic acids is 1. The van der Waals surface area contributed by atoms with Crippen LogP contribution in [-0.4, -0.2) is 59.0 Å². The van der Waals surface area contributed by atoms with Crippen molar-refractivity contribution in [1.29, 1.82) is 0 Å². The summed E-state index contributed by atoms with van der Waals surface area (Å²) in [5.41, 5.74) is 0. The Kier molecular flexibility index (Phi) is 5.59.